The van der Waals surface area contributed by atoms with Crippen LogP contribution in [0.5, 0.6) is 0 Å². The van der Waals surface area contributed by atoms with E-state index in [1.54, 1.807) is 0 Å². The van der Waals surface area contributed by atoms with Gasteiger partial charge in [0, 0.05) is 0 Å². The van der Waals surface area contributed by atoms with E-state index in [-0.39, 0.29) is 11.5 Å². The third kappa shape index (κ3) is 4.22. The first-order valence-electron chi connectivity index (χ1n) is 4.79. The molecule has 3 nitrogen and oxygen atoms in total. The molecule has 0 aromatic carbocycles. The molecule has 6 heteroatoms. The zero-order chi connectivity index (χ0) is 12.0. The van der Waals surface area contributed by atoms with Crippen molar-refractivity contribution in [3.63, 3.8) is 0 Å². The fraction of sp³-hybridized carbons (Fsp3) is 0.500. The van der Waals surface area contributed by atoms with Crippen LogP contribution >= 0.6 is 11.8 Å². The molecule has 16 heavy (non-hydrogen) atoms. The molecule has 0 saturated carbocycles. The second-order valence-corrected chi connectivity index (χ2v) is 3.95. The summed E-state index contributed by atoms with van der Waals surface area (Å²) in [7, 11) is 0. The van der Waals surface area contributed by atoms with E-state index >= 15 is 0 Å². The van der Waals surface area contributed by atoms with Gasteiger partial charge in [0.05, 0.1) is 12.4 Å². The fourth-order valence-corrected chi connectivity index (χ4v) is 1.42. The number of hydrogen-bond acceptors (Lipinski definition) is 4. The van der Waals surface area contributed by atoms with Gasteiger partial charge in [-0.25, -0.2) is 4.79 Å². The highest BCUT2D eigenvalue weighted by Gasteiger charge is 2.13. The van der Waals surface area contributed by atoms with Gasteiger partial charge in [0.15, 0.2) is 0 Å². The molecule has 1 rings (SSSR count). The summed E-state index contributed by atoms with van der Waals surface area (Å²) in [6.45, 7) is 2.20. The Morgan fingerprint density at radius 2 is 2.31 bits per heavy atom. The first kappa shape index (κ1) is 13.0. The van der Waals surface area contributed by atoms with Crippen LogP contribution in [0.2, 0.25) is 0 Å². The van der Waals surface area contributed by atoms with Crippen LogP contribution < -0.4 is 0 Å². The Morgan fingerprint density at radius 1 is 1.56 bits per heavy atom. The third-order valence-electron chi connectivity index (χ3n) is 1.65. The van der Waals surface area contributed by atoms with E-state index in [0.29, 0.717) is 24.1 Å². The first-order chi connectivity index (χ1) is 7.63. The number of carbonyl (C=O) groups excluding carboxylic acids is 1. The van der Waals surface area contributed by atoms with E-state index in [1.165, 1.54) is 12.1 Å². The molecular weight excluding hydrogens is 238 g/mol. The highest BCUT2D eigenvalue weighted by atomic mass is 32.2. The molecule has 0 N–H and O–H groups in total. The SMILES string of the molecule is CCCOC(=O)c1ccc(CSC(F)F)o1. The van der Waals surface area contributed by atoms with Crippen molar-refractivity contribution in [1.29, 1.82) is 0 Å². The third-order valence-corrected chi connectivity index (χ3v) is 2.35. The number of carbonyl (C=O) groups is 1. The van der Waals surface area contributed by atoms with E-state index in [4.69, 9.17) is 9.15 Å². The molecule has 0 aliphatic carbocycles. The zero-order valence-electron chi connectivity index (χ0n) is 8.74. The molecule has 0 aliphatic heterocycles. The summed E-state index contributed by atoms with van der Waals surface area (Å²) in [6, 6.07) is 2.93. The fourth-order valence-electron chi connectivity index (χ4n) is 0.976. The van der Waals surface area contributed by atoms with Crippen LogP contribution in [-0.4, -0.2) is 18.3 Å². The number of furan rings is 1. The normalized spacial score (nSPS) is 10.8. The molecule has 0 bridgehead atoms. The van der Waals surface area contributed by atoms with Crippen molar-refractivity contribution in [3.05, 3.63) is 23.7 Å². The average Bonchev–Trinajstić information content (AvgIpc) is 2.71. The highest BCUT2D eigenvalue weighted by Crippen LogP contribution is 2.21. The largest absolute Gasteiger partial charge is 0.460 e. The molecule has 1 aromatic heterocycles. The minimum atomic E-state index is -2.44. The van der Waals surface area contributed by atoms with Gasteiger partial charge in [-0.2, -0.15) is 8.78 Å². The van der Waals surface area contributed by atoms with Gasteiger partial charge in [-0.15, -0.1) is 0 Å². The smallest absolute Gasteiger partial charge is 0.374 e. The molecule has 0 radical (unpaired) electrons. The van der Waals surface area contributed by atoms with Crippen LogP contribution in [0.15, 0.2) is 16.5 Å². The van der Waals surface area contributed by atoms with Crippen molar-refractivity contribution >= 4 is 17.7 Å². The summed E-state index contributed by atoms with van der Waals surface area (Å²) in [5.74, 6) is -2.57. The number of hydrogen-bond donors (Lipinski definition) is 0. The predicted molar refractivity (Wildman–Crippen MR) is 56.6 cm³/mol. The summed E-state index contributed by atoms with van der Waals surface area (Å²) in [5, 5.41) is 0. The summed E-state index contributed by atoms with van der Waals surface area (Å²) in [4.78, 5) is 11.3. The number of alkyl halides is 2. The minimum Gasteiger partial charge on any atom is -0.460 e. The molecule has 0 atom stereocenters. The predicted octanol–water partition coefficient (Wildman–Crippen LogP) is 3.30. The van der Waals surface area contributed by atoms with Crippen molar-refractivity contribution in [2.45, 2.75) is 24.9 Å². The number of ether oxygens (including phenoxy) is 1. The molecule has 0 unspecified atom stereocenters. The number of esters is 1. The van der Waals surface area contributed by atoms with Gasteiger partial charge in [0.25, 0.3) is 5.76 Å². The maximum atomic E-state index is 11.9. The summed E-state index contributed by atoms with van der Waals surface area (Å²) in [6.07, 6.45) is 0.723. The lowest BCUT2D eigenvalue weighted by Crippen LogP contribution is -2.04. The standard InChI is InChI=1S/C10H12F2O3S/c1-2-5-14-9(13)8-4-3-7(15-8)6-16-10(11)12/h3-4,10H,2,5-6H2,1H3. The number of rotatable bonds is 6. The lowest BCUT2D eigenvalue weighted by Gasteiger charge is -1.99. The van der Waals surface area contributed by atoms with Crippen LogP contribution in [0, 0.1) is 0 Å². The zero-order valence-corrected chi connectivity index (χ0v) is 9.56. The average molecular weight is 250 g/mol. The summed E-state index contributed by atoms with van der Waals surface area (Å²) < 4.78 is 33.7. The Bertz CT molecular complexity index is 339. The second-order valence-electron chi connectivity index (χ2n) is 2.97. The van der Waals surface area contributed by atoms with Crippen molar-refractivity contribution in [3.8, 4) is 0 Å². The van der Waals surface area contributed by atoms with Crippen molar-refractivity contribution in [1.82, 2.24) is 0 Å². The van der Waals surface area contributed by atoms with Crippen LogP contribution in [0.4, 0.5) is 8.78 Å². The van der Waals surface area contributed by atoms with Crippen LogP contribution in [0.3, 0.4) is 0 Å². The Kier molecular flexibility index (Phi) is 5.31. The maximum absolute atomic E-state index is 11.9. The molecule has 0 spiro atoms. The van der Waals surface area contributed by atoms with Gasteiger partial charge in [-0.05, 0) is 18.6 Å². The lowest BCUT2D eigenvalue weighted by molar-refractivity contribution is 0.0467. The Morgan fingerprint density at radius 3 is 2.94 bits per heavy atom. The van der Waals surface area contributed by atoms with E-state index < -0.39 is 11.7 Å². The molecule has 0 amide bonds. The molecule has 0 fully saturated rings. The van der Waals surface area contributed by atoms with Crippen molar-refractivity contribution in [2.24, 2.45) is 0 Å². The van der Waals surface area contributed by atoms with Crippen LogP contribution in [0.1, 0.15) is 29.7 Å². The first-order valence-corrected chi connectivity index (χ1v) is 5.84. The van der Waals surface area contributed by atoms with Gasteiger partial charge < -0.3 is 9.15 Å². The van der Waals surface area contributed by atoms with Crippen molar-refractivity contribution in [2.75, 3.05) is 6.61 Å². The van der Waals surface area contributed by atoms with Gasteiger partial charge in [0.1, 0.15) is 5.76 Å². The Balaban J connectivity index is 2.47. The van der Waals surface area contributed by atoms with E-state index in [1.807, 2.05) is 6.92 Å². The van der Waals surface area contributed by atoms with Gasteiger partial charge >= 0.3 is 5.97 Å². The van der Waals surface area contributed by atoms with Gasteiger partial charge in [-0.3, -0.25) is 0 Å². The number of halogens is 2. The van der Waals surface area contributed by atoms with E-state index in [2.05, 4.69) is 0 Å². The van der Waals surface area contributed by atoms with E-state index in [9.17, 15) is 13.6 Å². The lowest BCUT2D eigenvalue weighted by atomic mass is 10.4. The molecule has 0 aliphatic rings. The molecular formula is C10H12F2O3S. The van der Waals surface area contributed by atoms with Crippen molar-refractivity contribution < 1.29 is 22.7 Å². The highest BCUT2D eigenvalue weighted by molar-refractivity contribution is 7.98. The second kappa shape index (κ2) is 6.52. The quantitative estimate of drug-likeness (QED) is 0.726. The van der Waals surface area contributed by atoms with Gasteiger partial charge in [-0.1, -0.05) is 18.7 Å². The Hall–Kier alpha value is -1.04. The monoisotopic (exact) mass is 250 g/mol. The summed E-state index contributed by atoms with van der Waals surface area (Å²) >= 11 is 0.448. The topological polar surface area (TPSA) is 39.4 Å². The minimum absolute atomic E-state index is 0.0404. The molecule has 1 aromatic rings. The van der Waals surface area contributed by atoms with Crippen LogP contribution in [0.25, 0.3) is 0 Å². The molecule has 90 valence electrons. The Labute approximate surface area is 96.1 Å². The number of thioether (sulfide) groups is 1. The van der Waals surface area contributed by atoms with Crippen LogP contribution in [-0.2, 0) is 10.5 Å². The molecule has 1 heterocycles. The summed E-state index contributed by atoms with van der Waals surface area (Å²) in [5.41, 5.74) is 0. The van der Waals surface area contributed by atoms with Gasteiger partial charge in [0.2, 0.25) is 5.76 Å². The maximum Gasteiger partial charge on any atom is 0.374 e. The molecule has 0 saturated heterocycles. The van der Waals surface area contributed by atoms with E-state index in [0.717, 1.165) is 6.42 Å².